The summed E-state index contributed by atoms with van der Waals surface area (Å²) in [7, 11) is 0. The molecule has 1 N–H and O–H groups in total. The maximum atomic E-state index is 12.8. The number of hydrogen-bond acceptors (Lipinski definition) is 5. The van der Waals surface area contributed by atoms with Crippen LogP contribution in [0.4, 0.5) is 10.8 Å². The van der Waals surface area contributed by atoms with Crippen molar-refractivity contribution < 1.29 is 14.3 Å². The number of rotatable bonds is 5. The average Bonchev–Trinajstić information content (AvgIpc) is 3.26. The minimum absolute atomic E-state index is 0.0566. The number of aromatic nitrogens is 1. The lowest BCUT2D eigenvalue weighted by Crippen LogP contribution is -2.33. The number of aryl methyl sites for hydroxylation is 1. The number of carbonyl (C=O) groups is 2. The maximum Gasteiger partial charge on any atom is 0.261 e. The van der Waals surface area contributed by atoms with Crippen LogP contribution in [0.15, 0.2) is 42.5 Å². The van der Waals surface area contributed by atoms with Crippen LogP contribution in [0.3, 0.4) is 0 Å². The molecule has 0 unspecified atom stereocenters. The van der Waals surface area contributed by atoms with Crippen molar-refractivity contribution in [2.45, 2.75) is 40.2 Å². The SMILES string of the molecule is CCOc1ccccc1C(=O)Nc1nc(-c2ccc3c(c2)C[C@H](C)N3C(C)=O)c(C)s1. The van der Waals surface area contributed by atoms with Crippen LogP contribution < -0.4 is 15.0 Å². The zero-order valence-electron chi connectivity index (χ0n) is 18.1. The zero-order chi connectivity index (χ0) is 22.1. The van der Waals surface area contributed by atoms with Crippen LogP contribution in [-0.4, -0.2) is 29.4 Å². The molecule has 0 bridgehead atoms. The molecule has 7 heteroatoms. The topological polar surface area (TPSA) is 71.5 Å². The first-order valence-corrected chi connectivity index (χ1v) is 11.1. The van der Waals surface area contributed by atoms with E-state index in [0.717, 1.165) is 33.8 Å². The van der Waals surface area contributed by atoms with Gasteiger partial charge in [0.2, 0.25) is 5.91 Å². The Labute approximate surface area is 185 Å². The predicted molar refractivity (Wildman–Crippen MR) is 124 cm³/mol. The molecule has 0 aliphatic carbocycles. The molecular weight excluding hydrogens is 410 g/mol. The van der Waals surface area contributed by atoms with E-state index in [9.17, 15) is 9.59 Å². The molecule has 0 saturated carbocycles. The van der Waals surface area contributed by atoms with Crippen LogP contribution in [0, 0.1) is 6.92 Å². The molecule has 160 valence electrons. The summed E-state index contributed by atoms with van der Waals surface area (Å²) in [6.45, 7) is 8.03. The van der Waals surface area contributed by atoms with Gasteiger partial charge in [-0.2, -0.15) is 0 Å². The largest absolute Gasteiger partial charge is 0.493 e. The lowest BCUT2D eigenvalue weighted by molar-refractivity contribution is -0.116. The summed E-state index contributed by atoms with van der Waals surface area (Å²) in [5.74, 6) is 0.365. The molecule has 31 heavy (non-hydrogen) atoms. The monoisotopic (exact) mass is 435 g/mol. The zero-order valence-corrected chi connectivity index (χ0v) is 18.9. The van der Waals surface area contributed by atoms with Gasteiger partial charge in [-0.3, -0.25) is 14.9 Å². The van der Waals surface area contributed by atoms with Crippen LogP contribution >= 0.6 is 11.3 Å². The minimum Gasteiger partial charge on any atom is -0.493 e. The van der Waals surface area contributed by atoms with Crippen molar-refractivity contribution in [2.24, 2.45) is 0 Å². The Hall–Kier alpha value is -3.19. The van der Waals surface area contributed by atoms with E-state index in [1.807, 2.05) is 43.0 Å². The second kappa shape index (κ2) is 8.51. The summed E-state index contributed by atoms with van der Waals surface area (Å²) in [6, 6.07) is 13.4. The van der Waals surface area contributed by atoms with Gasteiger partial charge in [0.1, 0.15) is 5.75 Å². The number of fused-ring (bicyclic) bond motifs is 1. The highest BCUT2D eigenvalue weighted by atomic mass is 32.1. The normalized spacial score (nSPS) is 15.0. The van der Waals surface area contributed by atoms with Crippen molar-refractivity contribution in [2.75, 3.05) is 16.8 Å². The summed E-state index contributed by atoms with van der Waals surface area (Å²) in [5.41, 5.74) is 4.42. The van der Waals surface area contributed by atoms with E-state index < -0.39 is 0 Å². The molecule has 3 aromatic rings. The smallest absolute Gasteiger partial charge is 0.261 e. The molecule has 0 radical (unpaired) electrons. The highest BCUT2D eigenvalue weighted by Crippen LogP contribution is 2.37. The summed E-state index contributed by atoms with van der Waals surface area (Å²) in [5, 5.41) is 3.45. The van der Waals surface area contributed by atoms with Gasteiger partial charge in [-0.15, -0.1) is 11.3 Å². The molecular formula is C24H25N3O3S. The average molecular weight is 436 g/mol. The van der Waals surface area contributed by atoms with Crippen LogP contribution in [0.5, 0.6) is 5.75 Å². The van der Waals surface area contributed by atoms with E-state index in [0.29, 0.717) is 23.1 Å². The minimum atomic E-state index is -0.246. The van der Waals surface area contributed by atoms with Gasteiger partial charge in [-0.25, -0.2) is 4.98 Å². The number of para-hydroxylation sites is 1. The van der Waals surface area contributed by atoms with Crippen molar-refractivity contribution in [1.82, 2.24) is 4.98 Å². The predicted octanol–water partition coefficient (Wildman–Crippen LogP) is 5.07. The Morgan fingerprint density at radius 1 is 1.26 bits per heavy atom. The van der Waals surface area contributed by atoms with Crippen molar-refractivity contribution >= 4 is 34.0 Å². The Bertz CT molecular complexity index is 1150. The molecule has 0 saturated heterocycles. The molecule has 6 nitrogen and oxygen atoms in total. The van der Waals surface area contributed by atoms with Gasteiger partial charge in [-0.1, -0.05) is 18.2 Å². The molecule has 2 aromatic carbocycles. The number of benzene rings is 2. The second-order valence-corrected chi connectivity index (χ2v) is 8.80. The van der Waals surface area contributed by atoms with E-state index in [1.54, 1.807) is 19.1 Å². The van der Waals surface area contributed by atoms with E-state index in [2.05, 4.69) is 23.3 Å². The van der Waals surface area contributed by atoms with Crippen LogP contribution in [0.1, 0.15) is 41.6 Å². The van der Waals surface area contributed by atoms with Crippen LogP contribution in [-0.2, 0) is 11.2 Å². The van der Waals surface area contributed by atoms with E-state index in [4.69, 9.17) is 4.74 Å². The number of anilines is 2. The van der Waals surface area contributed by atoms with Crippen molar-refractivity contribution in [3.63, 3.8) is 0 Å². The first-order chi connectivity index (χ1) is 14.9. The molecule has 1 aliphatic heterocycles. The van der Waals surface area contributed by atoms with E-state index >= 15 is 0 Å². The van der Waals surface area contributed by atoms with Gasteiger partial charge in [0, 0.05) is 29.1 Å². The van der Waals surface area contributed by atoms with E-state index in [-0.39, 0.29) is 17.9 Å². The van der Waals surface area contributed by atoms with Gasteiger partial charge in [0.05, 0.1) is 17.9 Å². The summed E-state index contributed by atoms with van der Waals surface area (Å²) in [4.78, 5) is 32.3. The molecule has 0 fully saturated rings. The standard InChI is InChI=1S/C24H25N3O3S/c1-5-30-21-9-7-6-8-19(21)23(29)26-24-25-22(15(3)31-24)17-10-11-20-18(13-17)12-14(2)27(20)16(4)28/h6-11,13-14H,5,12H2,1-4H3,(H,25,26,29)/t14-/m0/s1. The Morgan fingerprint density at radius 2 is 2.03 bits per heavy atom. The summed E-state index contributed by atoms with van der Waals surface area (Å²) in [6.07, 6.45) is 0.823. The molecule has 0 spiro atoms. The molecule has 1 aromatic heterocycles. The first kappa shape index (κ1) is 21.1. The third kappa shape index (κ3) is 4.05. The summed E-state index contributed by atoms with van der Waals surface area (Å²) >= 11 is 1.44. The number of hydrogen-bond donors (Lipinski definition) is 1. The Morgan fingerprint density at radius 3 is 2.77 bits per heavy atom. The number of carbonyl (C=O) groups excluding carboxylic acids is 2. The number of amides is 2. The number of thiazole rings is 1. The molecule has 4 rings (SSSR count). The van der Waals surface area contributed by atoms with Crippen molar-refractivity contribution in [3.05, 3.63) is 58.5 Å². The van der Waals surface area contributed by atoms with Crippen molar-refractivity contribution in [1.29, 1.82) is 0 Å². The van der Waals surface area contributed by atoms with Crippen LogP contribution in [0.25, 0.3) is 11.3 Å². The lowest BCUT2D eigenvalue weighted by atomic mass is 10.0. The molecule has 1 aliphatic rings. The fourth-order valence-corrected chi connectivity index (χ4v) is 4.91. The van der Waals surface area contributed by atoms with E-state index in [1.165, 1.54) is 11.3 Å². The van der Waals surface area contributed by atoms with Gasteiger partial charge in [0.15, 0.2) is 5.13 Å². The number of ether oxygens (including phenoxy) is 1. The number of nitrogens with one attached hydrogen (secondary N) is 1. The van der Waals surface area contributed by atoms with Gasteiger partial charge in [0.25, 0.3) is 5.91 Å². The number of nitrogens with zero attached hydrogens (tertiary/aromatic N) is 2. The molecule has 2 heterocycles. The quantitative estimate of drug-likeness (QED) is 0.608. The highest BCUT2D eigenvalue weighted by molar-refractivity contribution is 7.16. The van der Waals surface area contributed by atoms with Gasteiger partial charge < -0.3 is 9.64 Å². The third-order valence-electron chi connectivity index (χ3n) is 5.36. The van der Waals surface area contributed by atoms with Gasteiger partial charge in [-0.05, 0) is 57.0 Å². The van der Waals surface area contributed by atoms with Crippen LogP contribution in [0.2, 0.25) is 0 Å². The van der Waals surface area contributed by atoms with Gasteiger partial charge >= 0.3 is 0 Å². The fourth-order valence-electron chi connectivity index (χ4n) is 4.08. The first-order valence-electron chi connectivity index (χ1n) is 10.3. The second-order valence-electron chi connectivity index (χ2n) is 7.59. The lowest BCUT2D eigenvalue weighted by Gasteiger charge is -2.20. The third-order valence-corrected chi connectivity index (χ3v) is 6.24. The Balaban J connectivity index is 1.59. The van der Waals surface area contributed by atoms with Crippen molar-refractivity contribution in [3.8, 4) is 17.0 Å². The maximum absolute atomic E-state index is 12.8. The summed E-state index contributed by atoms with van der Waals surface area (Å²) < 4.78 is 5.57. The molecule has 1 atom stereocenters. The fraction of sp³-hybridized carbons (Fsp3) is 0.292. The highest BCUT2D eigenvalue weighted by Gasteiger charge is 2.29. The Kier molecular flexibility index (Phi) is 5.78. The molecule has 2 amide bonds.